The van der Waals surface area contributed by atoms with Gasteiger partial charge in [0.25, 0.3) is 11.6 Å². The highest BCUT2D eigenvalue weighted by Gasteiger charge is 2.62. The molecule has 0 aliphatic carbocycles. The highest BCUT2D eigenvalue weighted by Crippen LogP contribution is 2.45. The second-order valence-corrected chi connectivity index (χ2v) is 38.7. The second-order valence-electron chi connectivity index (χ2n) is 37.5. The van der Waals surface area contributed by atoms with E-state index in [1.165, 1.54) is 0 Å². The van der Waals surface area contributed by atoms with Crippen LogP contribution in [0.4, 0.5) is 0 Å². The summed E-state index contributed by atoms with van der Waals surface area (Å²) in [5, 5.41) is 115. The van der Waals surface area contributed by atoms with Gasteiger partial charge in [0.05, 0.1) is 70.4 Å². The van der Waals surface area contributed by atoms with Crippen LogP contribution in [0.3, 0.4) is 0 Å². The molecule has 782 valence electrons. The van der Waals surface area contributed by atoms with Gasteiger partial charge in [0.15, 0.2) is 12.4 Å². The zero-order valence-corrected chi connectivity index (χ0v) is 82.9. The number of unbranched alkanes of at least 4 members (excludes halogenated alkanes) is 42. The first-order chi connectivity index (χ1) is 64.3. The number of rotatable bonds is 84. The number of hydrogen-bond donors (Lipinski definition) is 14. The van der Waals surface area contributed by atoms with Gasteiger partial charge in [-0.3, -0.25) is 38.1 Å². The standard InChI is InChI=1S/C98H177N2O33P/c1-7-13-19-25-31-34-40-43-49-55-72(125-83(110)58-52-46-37-28-22-16-10-4)62-80(106)99-71(61-82(108)109)69-123-94-87(100-81(107)63-73(56-50-44-41-35-32-26-20-14-8-2)126-84(111)59-53-47-38-29-23-17-11-5)93(129-86(113)64-74(57-51-45-42-36-33-27-21-15-9-3)127-85(112)60-54-48-39-30-24-18-12-6)92(133-134(120,121)122)79(128-94)70-124-97(95(116)117)66-78(89(115)91(131-97)77(105)68-102)130-98(96(118)119)65-75(103)88(114)90(132-98)76(104)67-101/h71-79,87-94,101-105,114-115H,7-70H2,1-6H3,(H,99,106)(H,100,107)(H,108,109)(H,116,117)(H,118,119)(H2,120,121,122)/t71-,72-,73-,74-,75?,76-,77-,78?,79?,87?,88?,89?,90?,91?,92?,93?,94?,97?,98?/m1/s1. The van der Waals surface area contributed by atoms with Crippen molar-refractivity contribution in [2.45, 2.75) is 542 Å². The number of carbonyl (C=O) groups excluding carboxylic acids is 6. The molecule has 36 heteroatoms. The van der Waals surface area contributed by atoms with Crippen molar-refractivity contribution < 1.29 is 160 Å². The lowest BCUT2D eigenvalue weighted by atomic mass is 9.90. The molecule has 19 atom stereocenters. The first-order valence-corrected chi connectivity index (χ1v) is 53.2. The Morgan fingerprint density at radius 3 is 1.14 bits per heavy atom. The van der Waals surface area contributed by atoms with Gasteiger partial charge in [-0.05, 0) is 57.8 Å². The summed E-state index contributed by atoms with van der Waals surface area (Å²) < 4.78 is 80.8. The maximum atomic E-state index is 15.5. The topological polar surface area (TPSA) is 539 Å². The van der Waals surface area contributed by atoms with Crippen molar-refractivity contribution in [2.75, 3.05) is 26.4 Å². The molecule has 35 nitrogen and oxygen atoms in total. The first kappa shape index (κ1) is 123. The number of phosphoric ester groups is 1. The number of esters is 4. The summed E-state index contributed by atoms with van der Waals surface area (Å²) in [5.41, 5.74) is 0. The van der Waals surface area contributed by atoms with Crippen molar-refractivity contribution in [2.24, 2.45) is 0 Å². The van der Waals surface area contributed by atoms with Crippen LogP contribution in [0.15, 0.2) is 0 Å². The van der Waals surface area contributed by atoms with E-state index in [1.54, 1.807) is 0 Å². The van der Waals surface area contributed by atoms with Crippen LogP contribution < -0.4 is 10.6 Å². The van der Waals surface area contributed by atoms with Crippen LogP contribution in [0.25, 0.3) is 0 Å². The van der Waals surface area contributed by atoms with Gasteiger partial charge < -0.3 is 119 Å². The predicted molar refractivity (Wildman–Crippen MR) is 499 cm³/mol. The zero-order chi connectivity index (χ0) is 99.0. The fourth-order valence-electron chi connectivity index (χ4n) is 17.6. The molecular formula is C98H177N2O33P. The van der Waals surface area contributed by atoms with Gasteiger partial charge in [0.1, 0.15) is 73.2 Å². The maximum Gasteiger partial charge on any atom is 0.470 e. The Hall–Kier alpha value is -5.18. The van der Waals surface area contributed by atoms with Crippen molar-refractivity contribution in [1.82, 2.24) is 10.6 Å². The Labute approximate surface area is 797 Å². The van der Waals surface area contributed by atoms with Crippen LogP contribution in [-0.2, 0) is 99.6 Å². The van der Waals surface area contributed by atoms with E-state index >= 15 is 9.59 Å². The predicted octanol–water partition coefficient (Wildman–Crippen LogP) is 15.0. The highest BCUT2D eigenvalue weighted by atomic mass is 31.2. The Kier molecular flexibility index (Phi) is 67.0. The van der Waals surface area contributed by atoms with E-state index in [4.69, 9.17) is 51.9 Å². The normalized spacial score (nSPS) is 23.4. The molecule has 0 spiro atoms. The largest absolute Gasteiger partial charge is 0.481 e. The minimum Gasteiger partial charge on any atom is -0.481 e. The van der Waals surface area contributed by atoms with E-state index in [9.17, 15) is 99.0 Å². The average molecular weight is 1940 g/mol. The summed E-state index contributed by atoms with van der Waals surface area (Å²) in [6, 6.07) is -3.73. The van der Waals surface area contributed by atoms with Crippen LogP contribution in [0.5, 0.6) is 0 Å². The summed E-state index contributed by atoms with van der Waals surface area (Å²) >= 11 is 0. The van der Waals surface area contributed by atoms with E-state index in [2.05, 4.69) is 52.2 Å². The molecule has 0 radical (unpaired) electrons. The molecule has 134 heavy (non-hydrogen) atoms. The van der Waals surface area contributed by atoms with Gasteiger partial charge >= 0.3 is 49.6 Å². The molecule has 3 rings (SSSR count). The molecular weight excluding hydrogens is 1760 g/mol. The van der Waals surface area contributed by atoms with Crippen molar-refractivity contribution in [3.8, 4) is 0 Å². The molecule has 2 amide bonds. The van der Waals surface area contributed by atoms with Gasteiger partial charge in [-0.1, -0.05) is 311 Å². The van der Waals surface area contributed by atoms with Crippen molar-refractivity contribution in [1.29, 1.82) is 0 Å². The van der Waals surface area contributed by atoms with Crippen LogP contribution >= 0.6 is 7.82 Å². The van der Waals surface area contributed by atoms with E-state index in [-0.39, 0.29) is 38.5 Å². The average Bonchev–Trinajstić information content (AvgIpc) is 0.428. The van der Waals surface area contributed by atoms with Gasteiger partial charge in [0.2, 0.25) is 11.8 Å². The number of nitrogens with one attached hydrogen (secondary N) is 2. The van der Waals surface area contributed by atoms with Gasteiger partial charge in [-0.15, -0.1) is 0 Å². The molecule has 3 fully saturated rings. The number of ether oxygens (including phenoxy) is 10. The van der Waals surface area contributed by atoms with Crippen molar-refractivity contribution >= 4 is 61.4 Å². The number of aliphatic carboxylic acids is 3. The van der Waals surface area contributed by atoms with E-state index in [1.807, 2.05) is 0 Å². The molecule has 0 aromatic heterocycles. The Morgan fingerprint density at radius 1 is 0.425 bits per heavy atom. The monoisotopic (exact) mass is 1940 g/mol. The third-order valence-corrected chi connectivity index (χ3v) is 25.9. The SMILES string of the molecule is CCCCCCCCCCC[C@H](CC(=O)NC1C(OC[C@@H](CC(=O)O)NC(=O)C[C@@H](CCCCCCCCCCC)OC(=O)CCCCCCCCC)OC(COC2(C(=O)O)CC(OC3(C(=O)O)CC(O)C(O)C([C@H](O)CO)O3)C(O)C([C@H](O)CO)O2)C(OP(=O)(O)O)C1OC(=O)C[C@@H](CCCCCCCCCCC)OC(=O)CCCCCCCCC)OC(=O)CCCCCCCCC. The van der Waals surface area contributed by atoms with Gasteiger partial charge in [-0.2, -0.15) is 0 Å². The van der Waals surface area contributed by atoms with E-state index in [0.29, 0.717) is 57.8 Å². The van der Waals surface area contributed by atoms with Gasteiger partial charge in [0, 0.05) is 32.1 Å². The Bertz CT molecular complexity index is 3210. The smallest absolute Gasteiger partial charge is 0.470 e. The highest BCUT2D eigenvalue weighted by molar-refractivity contribution is 7.46. The summed E-state index contributed by atoms with van der Waals surface area (Å²) in [5.74, 6) is -17.5. The summed E-state index contributed by atoms with van der Waals surface area (Å²) in [6.07, 6.45) is 7.79. The molecule has 3 heterocycles. The van der Waals surface area contributed by atoms with Crippen molar-refractivity contribution in [3.63, 3.8) is 0 Å². The number of hydrogen-bond acceptors (Lipinski definition) is 28. The van der Waals surface area contributed by atoms with Crippen LogP contribution in [0.1, 0.15) is 427 Å². The minimum absolute atomic E-state index is 0.000600. The molecule has 14 N–H and O–H groups in total. The lowest BCUT2D eigenvalue weighted by Gasteiger charge is -2.50. The molecule has 0 aromatic rings. The maximum absolute atomic E-state index is 15.5. The number of carbonyl (C=O) groups is 9. The minimum atomic E-state index is -6.09. The lowest BCUT2D eigenvalue weighted by molar-refractivity contribution is -0.377. The quantitative estimate of drug-likeness (QED) is 0.0116. The fourth-order valence-corrected chi connectivity index (χ4v) is 18.1. The summed E-state index contributed by atoms with van der Waals surface area (Å²) in [6.45, 7) is 7.80. The van der Waals surface area contributed by atoms with E-state index in [0.717, 1.165) is 250 Å². The number of aliphatic hydroxyl groups excluding tert-OH is 7. The zero-order valence-electron chi connectivity index (χ0n) is 82.0. The molecule has 3 saturated heterocycles. The number of phosphoric acid groups is 1. The lowest BCUT2D eigenvalue weighted by Crippen LogP contribution is -2.69. The molecule has 0 bridgehead atoms. The van der Waals surface area contributed by atoms with Crippen molar-refractivity contribution in [3.05, 3.63) is 0 Å². The number of aliphatic hydroxyl groups is 7. The second kappa shape index (κ2) is 73.0. The number of carboxylic acids is 3. The molecule has 0 aromatic carbocycles. The van der Waals surface area contributed by atoms with Crippen LogP contribution in [0.2, 0.25) is 0 Å². The van der Waals surface area contributed by atoms with Crippen LogP contribution in [-0.4, -0.2) is 256 Å². The first-order valence-electron chi connectivity index (χ1n) is 51.6. The summed E-state index contributed by atoms with van der Waals surface area (Å²) in [7, 11) is -6.09. The molecule has 3 aliphatic heterocycles. The number of amides is 2. The van der Waals surface area contributed by atoms with E-state index < -0.39 is 242 Å². The molecule has 13 unspecified atom stereocenters. The number of carboxylic acid groups (broad SMARTS) is 3. The fraction of sp³-hybridized carbons (Fsp3) is 0.908. The van der Waals surface area contributed by atoms with Crippen LogP contribution in [0, 0.1) is 0 Å². The van der Waals surface area contributed by atoms with Gasteiger partial charge in [-0.25, -0.2) is 14.2 Å². The Morgan fingerprint density at radius 2 is 0.776 bits per heavy atom. The third-order valence-electron chi connectivity index (χ3n) is 25.4. The summed E-state index contributed by atoms with van der Waals surface area (Å²) in [4.78, 5) is 150. The molecule has 0 saturated carbocycles. The Balaban J connectivity index is 2.47. The third kappa shape index (κ3) is 52.4. The molecule has 3 aliphatic rings.